The minimum absolute atomic E-state index is 0.0219. The number of carbonyl (C=O) groups excluding carboxylic acids is 3. The van der Waals surface area contributed by atoms with E-state index in [4.69, 9.17) is 23.2 Å². The average Bonchev–Trinajstić information content (AvgIpc) is 3.34. The molecular weight excluding hydrogens is 608 g/mol. The van der Waals surface area contributed by atoms with Crippen molar-refractivity contribution in [2.45, 2.75) is 43.3 Å². The van der Waals surface area contributed by atoms with Gasteiger partial charge in [0.25, 0.3) is 5.91 Å². The van der Waals surface area contributed by atoms with Crippen LogP contribution in [0, 0.1) is 5.92 Å². The van der Waals surface area contributed by atoms with Gasteiger partial charge >= 0.3 is 12.2 Å². The zero-order valence-electron chi connectivity index (χ0n) is 22.1. The number of sulfone groups is 1. The van der Waals surface area contributed by atoms with E-state index in [0.29, 0.717) is 37.0 Å². The number of fused-ring (bicyclic) bond motifs is 1. The van der Waals surface area contributed by atoms with Crippen LogP contribution >= 0.6 is 23.2 Å². The van der Waals surface area contributed by atoms with Crippen molar-refractivity contribution in [3.8, 4) is 0 Å². The van der Waals surface area contributed by atoms with Crippen LogP contribution < -0.4 is 5.32 Å². The van der Waals surface area contributed by atoms with Gasteiger partial charge in [0.1, 0.15) is 0 Å². The number of nitrogens with zero attached hydrogens (tertiary/aromatic N) is 3. The van der Waals surface area contributed by atoms with Crippen LogP contribution in [-0.2, 0) is 26.0 Å². The maximum absolute atomic E-state index is 14.3. The Labute approximate surface area is 245 Å². The lowest BCUT2D eigenvalue weighted by Crippen LogP contribution is -2.46. The molecule has 0 bridgehead atoms. The molecule has 0 aromatic heterocycles. The largest absolute Gasteiger partial charge is 0.416 e. The van der Waals surface area contributed by atoms with E-state index in [1.807, 2.05) is 0 Å². The van der Waals surface area contributed by atoms with E-state index in [0.717, 1.165) is 0 Å². The molecule has 0 spiro atoms. The van der Waals surface area contributed by atoms with Gasteiger partial charge in [-0.25, -0.2) is 13.2 Å². The third kappa shape index (κ3) is 6.68. The number of aliphatic imine (C=N–C) groups is 1. The van der Waals surface area contributed by atoms with Crippen molar-refractivity contribution in [1.29, 1.82) is 0 Å². The van der Waals surface area contributed by atoms with Crippen LogP contribution in [-0.4, -0.2) is 85.3 Å². The quantitative estimate of drug-likeness (QED) is 0.434. The van der Waals surface area contributed by atoms with Gasteiger partial charge in [0.2, 0.25) is 5.91 Å². The Morgan fingerprint density at radius 2 is 1.93 bits per heavy atom. The SMILES string of the molecule is CCS(=O)(=O)c1ccc(Cl)cc1CN1C(=O)N=C2C(=CC(C(F)(F)F)=C(CN3CC[C@H](CNC(C)=O)C3)C2Cl)C1=O. The topological polar surface area (TPSA) is 116 Å². The molecule has 222 valence electrons. The number of likely N-dealkylation sites (tertiary alicyclic amines) is 1. The number of alkyl halides is 4. The lowest BCUT2D eigenvalue weighted by atomic mass is 9.87. The number of imide groups is 1. The van der Waals surface area contributed by atoms with E-state index in [2.05, 4.69) is 10.3 Å². The number of amides is 4. The Bertz CT molecular complexity index is 1490. The summed E-state index contributed by atoms with van der Waals surface area (Å²) in [5.74, 6) is -1.50. The predicted octanol–water partition coefficient (Wildman–Crippen LogP) is 3.90. The summed E-state index contributed by atoms with van der Waals surface area (Å²) >= 11 is 12.5. The summed E-state index contributed by atoms with van der Waals surface area (Å²) in [6, 6.07) is 2.78. The van der Waals surface area contributed by atoms with Crippen molar-refractivity contribution >= 4 is 56.6 Å². The third-order valence-electron chi connectivity index (χ3n) is 7.15. The van der Waals surface area contributed by atoms with Crippen molar-refractivity contribution in [3.63, 3.8) is 0 Å². The van der Waals surface area contributed by atoms with Gasteiger partial charge in [-0.3, -0.25) is 19.4 Å². The monoisotopic (exact) mass is 634 g/mol. The lowest BCUT2D eigenvalue weighted by Gasteiger charge is -2.33. The Morgan fingerprint density at radius 3 is 2.56 bits per heavy atom. The van der Waals surface area contributed by atoms with Gasteiger partial charge in [0.15, 0.2) is 9.84 Å². The van der Waals surface area contributed by atoms with E-state index in [9.17, 15) is 36.0 Å². The molecule has 2 aliphatic heterocycles. The molecule has 15 heteroatoms. The smallest absolute Gasteiger partial charge is 0.356 e. The molecule has 3 aliphatic rings. The van der Waals surface area contributed by atoms with Gasteiger partial charge in [0.05, 0.1) is 39.4 Å². The molecule has 0 radical (unpaired) electrons. The molecule has 1 aliphatic carbocycles. The number of rotatable bonds is 8. The van der Waals surface area contributed by atoms with Crippen LogP contribution in [0.1, 0.15) is 25.8 Å². The Kier molecular flexibility index (Phi) is 9.03. The van der Waals surface area contributed by atoms with E-state index in [-0.39, 0.29) is 50.9 Å². The van der Waals surface area contributed by atoms with Gasteiger partial charge in [-0.15, -0.1) is 11.6 Å². The normalized spacial score (nSPS) is 22.1. The number of urea groups is 1. The van der Waals surface area contributed by atoms with Gasteiger partial charge in [-0.05, 0) is 54.3 Å². The Hall–Kier alpha value is -2.74. The second kappa shape index (κ2) is 11.9. The van der Waals surface area contributed by atoms with Crippen LogP contribution in [0.15, 0.2) is 50.9 Å². The third-order valence-corrected chi connectivity index (χ3v) is 9.69. The van der Waals surface area contributed by atoms with Crippen molar-refractivity contribution < 1.29 is 36.0 Å². The number of halogens is 5. The molecule has 1 N–H and O–H groups in total. The van der Waals surface area contributed by atoms with Gasteiger partial charge in [-0.2, -0.15) is 18.2 Å². The van der Waals surface area contributed by atoms with Gasteiger partial charge < -0.3 is 5.32 Å². The Morgan fingerprint density at radius 1 is 1.22 bits per heavy atom. The number of hydrogen-bond acceptors (Lipinski definition) is 6. The molecule has 9 nitrogen and oxygen atoms in total. The summed E-state index contributed by atoms with van der Waals surface area (Å²) in [4.78, 5) is 43.7. The van der Waals surface area contributed by atoms with Crippen LogP contribution in [0.2, 0.25) is 5.02 Å². The Balaban J connectivity index is 1.67. The molecule has 0 saturated carbocycles. The van der Waals surface area contributed by atoms with Crippen molar-refractivity contribution in [2.24, 2.45) is 10.9 Å². The van der Waals surface area contributed by atoms with Gasteiger partial charge in [-0.1, -0.05) is 18.5 Å². The highest BCUT2D eigenvalue weighted by Crippen LogP contribution is 2.40. The van der Waals surface area contributed by atoms with Crippen molar-refractivity contribution in [3.05, 3.63) is 51.6 Å². The molecule has 1 aromatic rings. The summed E-state index contributed by atoms with van der Waals surface area (Å²) in [6.45, 7) is 3.35. The fraction of sp³-hybridized carbons (Fsp3) is 0.462. The number of benzene rings is 1. The first kappa shape index (κ1) is 31.2. The molecule has 2 heterocycles. The second-order valence-corrected chi connectivity index (χ2v) is 13.1. The van der Waals surface area contributed by atoms with E-state index in [1.54, 1.807) is 4.90 Å². The first-order valence-corrected chi connectivity index (χ1v) is 15.2. The molecule has 4 amide bonds. The highest BCUT2D eigenvalue weighted by molar-refractivity contribution is 7.91. The lowest BCUT2D eigenvalue weighted by molar-refractivity contribution is -0.124. The average molecular weight is 635 g/mol. The fourth-order valence-electron chi connectivity index (χ4n) is 5.05. The van der Waals surface area contributed by atoms with Crippen molar-refractivity contribution in [2.75, 3.05) is 31.9 Å². The van der Waals surface area contributed by atoms with E-state index in [1.165, 1.54) is 32.0 Å². The maximum Gasteiger partial charge on any atom is 0.416 e. The zero-order chi connectivity index (χ0) is 30.3. The highest BCUT2D eigenvalue weighted by atomic mass is 35.5. The fourth-order valence-corrected chi connectivity index (χ4v) is 6.71. The maximum atomic E-state index is 14.3. The summed E-state index contributed by atoms with van der Waals surface area (Å²) in [6.07, 6.45) is -3.55. The summed E-state index contributed by atoms with van der Waals surface area (Å²) in [7, 11) is -3.78. The number of nitrogens with one attached hydrogen (secondary N) is 1. The predicted molar refractivity (Wildman–Crippen MR) is 147 cm³/mol. The van der Waals surface area contributed by atoms with Crippen LogP contribution in [0.4, 0.5) is 18.0 Å². The second-order valence-electron chi connectivity index (χ2n) is 10.0. The molecule has 41 heavy (non-hydrogen) atoms. The van der Waals surface area contributed by atoms with E-state index >= 15 is 0 Å². The minimum atomic E-state index is -4.86. The first-order valence-electron chi connectivity index (χ1n) is 12.7. The number of carbonyl (C=O) groups is 3. The standard InChI is InChI=1S/C26H27Cl2F3N4O5S/c1-3-41(39,40)21-5-4-17(27)8-16(21)12-35-24(37)18-9-20(26(29,30)31)19(22(28)23(18)33-25(35)38)13-34-7-6-15(11-34)10-32-14(2)36/h4-5,8-9,15,22H,3,6-7,10-13H2,1-2H3,(H,32,36)/t15-,22?/m1/s1. The molecule has 4 rings (SSSR count). The molecule has 1 fully saturated rings. The summed E-state index contributed by atoms with van der Waals surface area (Å²) in [5.41, 5.74) is -2.10. The number of allylic oxidation sites excluding steroid dienone is 2. The molecule has 1 saturated heterocycles. The van der Waals surface area contributed by atoms with Crippen LogP contribution in [0.3, 0.4) is 0 Å². The van der Waals surface area contributed by atoms with Crippen molar-refractivity contribution in [1.82, 2.24) is 15.1 Å². The summed E-state index contributed by atoms with van der Waals surface area (Å²) in [5, 5.41) is 1.35. The van der Waals surface area contributed by atoms with Crippen LogP contribution in [0.25, 0.3) is 0 Å². The highest BCUT2D eigenvalue weighted by Gasteiger charge is 2.46. The van der Waals surface area contributed by atoms with Gasteiger partial charge in [0, 0.05) is 31.6 Å². The number of hydrogen-bond donors (Lipinski definition) is 1. The van der Waals surface area contributed by atoms with E-state index < -0.39 is 51.0 Å². The zero-order valence-corrected chi connectivity index (χ0v) is 24.4. The first-order chi connectivity index (χ1) is 19.1. The minimum Gasteiger partial charge on any atom is -0.356 e. The molecule has 2 atom stereocenters. The molecule has 1 aromatic carbocycles. The molecule has 1 unspecified atom stereocenters. The molecular formula is C26H27Cl2F3N4O5S. The van der Waals surface area contributed by atoms with Crippen LogP contribution in [0.5, 0.6) is 0 Å². The summed E-state index contributed by atoms with van der Waals surface area (Å²) < 4.78 is 67.9.